The van der Waals surface area contributed by atoms with Gasteiger partial charge in [0.05, 0.1) is 5.69 Å². The molecule has 3 aromatic rings. The number of nitrogens with zero attached hydrogens (tertiary/aromatic N) is 1. The van der Waals surface area contributed by atoms with E-state index in [2.05, 4.69) is 11.4 Å². The van der Waals surface area contributed by atoms with E-state index < -0.39 is 0 Å². The second-order valence-electron chi connectivity index (χ2n) is 6.68. The van der Waals surface area contributed by atoms with Crippen LogP contribution in [0.15, 0.2) is 30.3 Å². The highest BCUT2D eigenvalue weighted by Crippen LogP contribution is 2.35. The number of aryl methyl sites for hydroxylation is 3. The molecule has 0 saturated carbocycles. The Morgan fingerprint density at radius 2 is 2.04 bits per heavy atom. The van der Waals surface area contributed by atoms with E-state index in [0.29, 0.717) is 10.6 Å². The Labute approximate surface area is 151 Å². The summed E-state index contributed by atoms with van der Waals surface area (Å²) in [6.07, 6.45) is 5.72. The number of thiophene rings is 1. The number of nitrogens with two attached hydrogens (primary N) is 1. The Morgan fingerprint density at radius 1 is 1.20 bits per heavy atom. The molecule has 0 aliphatic heterocycles. The molecule has 2 aromatic heterocycles. The van der Waals surface area contributed by atoms with E-state index in [9.17, 15) is 4.79 Å². The molecule has 1 amide bonds. The molecular formula is C20H21N3OS. The largest absolute Gasteiger partial charge is 0.397 e. The smallest absolute Gasteiger partial charge is 0.267 e. The van der Waals surface area contributed by atoms with Crippen molar-refractivity contribution in [1.82, 2.24) is 4.98 Å². The Hall–Kier alpha value is -2.40. The Kier molecular flexibility index (Phi) is 4.17. The van der Waals surface area contributed by atoms with Crippen molar-refractivity contribution in [2.45, 2.75) is 39.0 Å². The zero-order valence-corrected chi connectivity index (χ0v) is 15.1. The summed E-state index contributed by atoms with van der Waals surface area (Å²) in [7, 11) is 0. The van der Waals surface area contributed by atoms with Crippen LogP contribution in [-0.4, -0.2) is 10.9 Å². The molecule has 5 heteroatoms. The molecule has 0 radical (unpaired) electrons. The van der Waals surface area contributed by atoms with E-state index >= 15 is 0 Å². The summed E-state index contributed by atoms with van der Waals surface area (Å²) in [5, 5.41) is 3.86. The fourth-order valence-electron chi connectivity index (χ4n) is 3.42. The van der Waals surface area contributed by atoms with Crippen LogP contribution in [0.25, 0.3) is 10.2 Å². The highest BCUT2D eigenvalue weighted by atomic mass is 32.1. The predicted molar refractivity (Wildman–Crippen MR) is 104 cm³/mol. The summed E-state index contributed by atoms with van der Waals surface area (Å²) < 4.78 is 0. The molecule has 4 rings (SSSR count). The van der Waals surface area contributed by atoms with Gasteiger partial charge in [-0.1, -0.05) is 18.6 Å². The third-order valence-electron chi connectivity index (χ3n) is 4.73. The molecule has 0 bridgehead atoms. The molecule has 0 fully saturated rings. The van der Waals surface area contributed by atoms with Gasteiger partial charge in [0, 0.05) is 16.8 Å². The van der Waals surface area contributed by atoms with Crippen LogP contribution in [0.2, 0.25) is 0 Å². The van der Waals surface area contributed by atoms with Gasteiger partial charge in [-0.2, -0.15) is 0 Å². The predicted octanol–water partition coefficient (Wildman–Crippen LogP) is 4.71. The maximum atomic E-state index is 12.7. The lowest BCUT2D eigenvalue weighted by atomic mass is 10.1. The van der Waals surface area contributed by atoms with Crippen LogP contribution in [0.5, 0.6) is 0 Å². The van der Waals surface area contributed by atoms with Gasteiger partial charge in [-0.25, -0.2) is 4.98 Å². The average Bonchev–Trinajstić information content (AvgIpc) is 2.76. The maximum Gasteiger partial charge on any atom is 0.267 e. The first kappa shape index (κ1) is 16.1. The third-order valence-corrected chi connectivity index (χ3v) is 5.85. The number of hydrogen-bond acceptors (Lipinski definition) is 4. The minimum Gasteiger partial charge on any atom is -0.397 e. The summed E-state index contributed by atoms with van der Waals surface area (Å²) in [6.45, 7) is 2.00. The molecule has 0 atom stereocenters. The molecule has 4 nitrogen and oxygen atoms in total. The van der Waals surface area contributed by atoms with Gasteiger partial charge in [-0.15, -0.1) is 11.3 Å². The molecule has 0 unspecified atom stereocenters. The van der Waals surface area contributed by atoms with Gasteiger partial charge in [0.15, 0.2) is 0 Å². The van der Waals surface area contributed by atoms with Crippen molar-refractivity contribution in [3.63, 3.8) is 0 Å². The molecule has 0 saturated heterocycles. The number of aromatic nitrogens is 1. The molecule has 3 N–H and O–H groups in total. The number of carbonyl (C=O) groups is 1. The van der Waals surface area contributed by atoms with Gasteiger partial charge in [0.2, 0.25) is 0 Å². The number of fused-ring (bicyclic) bond motifs is 2. The summed E-state index contributed by atoms with van der Waals surface area (Å²) in [5.74, 6) is -0.165. The van der Waals surface area contributed by atoms with E-state index in [1.54, 1.807) is 0 Å². The van der Waals surface area contributed by atoms with Gasteiger partial charge in [0.1, 0.15) is 9.71 Å². The number of hydrogen-bond donors (Lipinski definition) is 2. The van der Waals surface area contributed by atoms with E-state index in [-0.39, 0.29) is 5.91 Å². The van der Waals surface area contributed by atoms with Crippen molar-refractivity contribution in [1.29, 1.82) is 0 Å². The average molecular weight is 351 g/mol. The van der Waals surface area contributed by atoms with Crippen LogP contribution in [0.4, 0.5) is 11.4 Å². The van der Waals surface area contributed by atoms with Gasteiger partial charge in [-0.3, -0.25) is 4.79 Å². The van der Waals surface area contributed by atoms with Crippen molar-refractivity contribution in [3.05, 3.63) is 52.0 Å². The number of nitrogen functional groups attached to an aromatic ring is 1. The van der Waals surface area contributed by atoms with E-state index in [1.165, 1.54) is 41.9 Å². The maximum absolute atomic E-state index is 12.7. The molecule has 1 aromatic carbocycles. The minimum absolute atomic E-state index is 0.165. The summed E-state index contributed by atoms with van der Waals surface area (Å²) in [6, 6.07) is 9.91. The lowest BCUT2D eigenvalue weighted by Gasteiger charge is -2.05. The SMILES string of the molecule is Cc1cccc(NC(=O)c2sc3nc4c(cc3c2N)CCCCC4)c1. The number of anilines is 2. The lowest BCUT2D eigenvalue weighted by molar-refractivity contribution is 0.103. The second kappa shape index (κ2) is 6.48. The number of amides is 1. The quantitative estimate of drug-likeness (QED) is 0.657. The Bertz CT molecular complexity index is 961. The van der Waals surface area contributed by atoms with Crippen molar-refractivity contribution >= 4 is 38.8 Å². The number of benzene rings is 1. The van der Waals surface area contributed by atoms with Gasteiger partial charge < -0.3 is 11.1 Å². The van der Waals surface area contributed by atoms with Crippen LogP contribution in [-0.2, 0) is 12.8 Å². The standard InChI is InChI=1S/C20H21N3OS/c1-12-6-5-8-14(10-12)22-19(24)18-17(21)15-11-13-7-3-2-4-9-16(13)23-20(15)25-18/h5-6,8,10-11H,2-4,7,9,21H2,1H3,(H,22,24). The zero-order chi connectivity index (χ0) is 17.4. The minimum atomic E-state index is -0.165. The zero-order valence-electron chi connectivity index (χ0n) is 14.3. The summed E-state index contributed by atoms with van der Waals surface area (Å²) in [5.41, 5.74) is 11.2. The topological polar surface area (TPSA) is 68.0 Å². The van der Waals surface area contributed by atoms with Crippen LogP contribution in [0, 0.1) is 6.92 Å². The van der Waals surface area contributed by atoms with Gasteiger partial charge in [0.25, 0.3) is 5.91 Å². The molecular weight excluding hydrogens is 330 g/mol. The summed E-state index contributed by atoms with van der Waals surface area (Å²) in [4.78, 5) is 18.9. The fourth-order valence-corrected chi connectivity index (χ4v) is 4.41. The molecule has 0 spiro atoms. The molecule has 128 valence electrons. The Morgan fingerprint density at radius 3 is 2.88 bits per heavy atom. The summed E-state index contributed by atoms with van der Waals surface area (Å²) >= 11 is 1.39. The van der Waals surface area contributed by atoms with Crippen molar-refractivity contribution in [2.75, 3.05) is 11.1 Å². The number of nitrogens with one attached hydrogen (secondary N) is 1. The van der Waals surface area contributed by atoms with Crippen LogP contribution < -0.4 is 11.1 Å². The van der Waals surface area contributed by atoms with Crippen molar-refractivity contribution in [2.24, 2.45) is 0 Å². The first-order chi connectivity index (χ1) is 12.1. The van der Waals surface area contributed by atoms with Gasteiger partial charge >= 0.3 is 0 Å². The van der Waals surface area contributed by atoms with Crippen molar-refractivity contribution in [3.8, 4) is 0 Å². The molecule has 1 aliphatic carbocycles. The lowest BCUT2D eigenvalue weighted by Crippen LogP contribution is -2.11. The number of rotatable bonds is 2. The first-order valence-electron chi connectivity index (χ1n) is 8.70. The molecule has 1 aliphatic rings. The molecule has 2 heterocycles. The van der Waals surface area contributed by atoms with E-state index in [4.69, 9.17) is 10.7 Å². The molecule has 25 heavy (non-hydrogen) atoms. The monoisotopic (exact) mass is 351 g/mol. The van der Waals surface area contributed by atoms with Gasteiger partial charge in [-0.05, 0) is 61.9 Å². The number of carbonyl (C=O) groups excluding carboxylic acids is 1. The van der Waals surface area contributed by atoms with E-state index in [0.717, 1.165) is 34.3 Å². The van der Waals surface area contributed by atoms with Crippen LogP contribution >= 0.6 is 11.3 Å². The highest BCUT2D eigenvalue weighted by molar-refractivity contribution is 7.21. The van der Waals surface area contributed by atoms with Crippen LogP contribution in [0.3, 0.4) is 0 Å². The fraction of sp³-hybridized carbons (Fsp3) is 0.300. The van der Waals surface area contributed by atoms with Crippen molar-refractivity contribution < 1.29 is 4.79 Å². The Balaban J connectivity index is 1.70. The normalized spacial score (nSPS) is 14.1. The second-order valence-corrected chi connectivity index (χ2v) is 7.68. The van der Waals surface area contributed by atoms with Crippen LogP contribution in [0.1, 0.15) is 45.8 Å². The highest BCUT2D eigenvalue weighted by Gasteiger charge is 2.20. The third kappa shape index (κ3) is 3.12. The first-order valence-corrected chi connectivity index (χ1v) is 9.52. The van der Waals surface area contributed by atoms with E-state index in [1.807, 2.05) is 31.2 Å². The number of pyridine rings is 1.